The monoisotopic (exact) mass is 634 g/mol. The van der Waals surface area contributed by atoms with Crippen molar-refractivity contribution in [2.45, 2.75) is 57.1 Å². The van der Waals surface area contributed by atoms with Crippen molar-refractivity contribution in [2.24, 2.45) is 0 Å². The molecule has 12 heteroatoms. The molecule has 9 nitrogen and oxygen atoms in total. The van der Waals surface area contributed by atoms with Crippen molar-refractivity contribution in [2.75, 3.05) is 31.1 Å². The van der Waals surface area contributed by atoms with E-state index < -0.39 is 17.3 Å². The number of rotatable bonds is 5. The number of furan rings is 1. The van der Waals surface area contributed by atoms with Crippen LogP contribution in [0.1, 0.15) is 59.0 Å². The van der Waals surface area contributed by atoms with Gasteiger partial charge in [-0.1, -0.05) is 18.2 Å². The van der Waals surface area contributed by atoms with Crippen molar-refractivity contribution in [1.29, 1.82) is 0 Å². The average molecular weight is 635 g/mol. The fourth-order valence-corrected chi connectivity index (χ4v) is 6.92. The van der Waals surface area contributed by atoms with E-state index >= 15 is 0 Å². The lowest BCUT2D eigenvalue weighted by Gasteiger charge is -2.40. The number of halogens is 3. The van der Waals surface area contributed by atoms with Crippen LogP contribution in [0.3, 0.4) is 0 Å². The number of piperidine rings is 2. The summed E-state index contributed by atoms with van der Waals surface area (Å²) < 4.78 is 52.5. The highest BCUT2D eigenvalue weighted by atomic mass is 19.4. The van der Waals surface area contributed by atoms with Crippen LogP contribution in [0.2, 0.25) is 0 Å². The van der Waals surface area contributed by atoms with Crippen LogP contribution in [-0.2, 0) is 24.1 Å². The standard InChI is InChI=1S/C34H33F3N4O5/c35-34(36,37)25-8-10-31(42)40(18-25)27-5-3-13-38(19-27)20-28-17-24-16-22(7-9-30(24)46-28)32(43)39-14-11-26(12-15-39)41-29-6-2-1-4-23(29)21-45-33(41)44/h1-2,4,6-10,16-18,26-27H,3,5,11-15,19-21H2/t27-/m1/s1. The van der Waals surface area contributed by atoms with E-state index in [1.807, 2.05) is 41.3 Å². The molecular formula is C34H33F3N4O5. The van der Waals surface area contributed by atoms with Gasteiger partial charge >= 0.3 is 12.3 Å². The molecule has 3 aliphatic rings. The molecule has 0 saturated carbocycles. The smallest absolute Gasteiger partial charge is 0.417 e. The molecule has 240 valence electrons. The van der Waals surface area contributed by atoms with Crippen LogP contribution in [0.5, 0.6) is 0 Å². The minimum atomic E-state index is -4.52. The Morgan fingerprint density at radius 1 is 0.913 bits per heavy atom. The average Bonchev–Trinajstić information content (AvgIpc) is 3.46. The van der Waals surface area contributed by atoms with E-state index in [-0.39, 0.29) is 30.7 Å². The molecule has 1 atom stereocenters. The quantitative estimate of drug-likeness (QED) is 0.260. The number of ether oxygens (including phenoxy) is 1. The molecule has 2 fully saturated rings. The van der Waals surface area contributed by atoms with E-state index in [0.717, 1.165) is 47.9 Å². The summed E-state index contributed by atoms with van der Waals surface area (Å²) in [6, 6.07) is 16.3. The number of anilines is 1. The van der Waals surface area contributed by atoms with Crippen LogP contribution in [0.25, 0.3) is 11.0 Å². The number of benzene rings is 2. The highest BCUT2D eigenvalue weighted by Crippen LogP contribution is 2.33. The van der Waals surface area contributed by atoms with Gasteiger partial charge in [-0.2, -0.15) is 13.2 Å². The SMILES string of the molecule is O=C(c1ccc2oc(CN3CCC[C@@H](n4cc(C(F)(F)F)ccc4=O)C3)cc2c1)N1CCC(N2C(=O)OCc3ccccc32)CC1. The second-order valence-corrected chi connectivity index (χ2v) is 12.2. The molecule has 0 bridgehead atoms. The normalized spacial score (nSPS) is 19.7. The third-order valence-electron chi connectivity index (χ3n) is 9.25. The Balaban J connectivity index is 0.999. The third-order valence-corrected chi connectivity index (χ3v) is 9.25. The number of pyridine rings is 1. The first-order valence-electron chi connectivity index (χ1n) is 15.5. The van der Waals surface area contributed by atoms with Gasteiger partial charge in [0.05, 0.1) is 17.8 Å². The molecule has 2 aromatic carbocycles. The van der Waals surface area contributed by atoms with E-state index in [1.165, 1.54) is 4.57 Å². The van der Waals surface area contributed by atoms with Crippen molar-refractivity contribution in [1.82, 2.24) is 14.4 Å². The number of cyclic esters (lactones) is 1. The zero-order chi connectivity index (χ0) is 32.0. The molecule has 0 N–H and O–H groups in total. The van der Waals surface area contributed by atoms with Gasteiger partial charge in [-0.3, -0.25) is 19.4 Å². The number of fused-ring (bicyclic) bond motifs is 2. The minimum absolute atomic E-state index is 0.0569. The van der Waals surface area contributed by atoms with Gasteiger partial charge in [0.15, 0.2) is 0 Å². The van der Waals surface area contributed by atoms with E-state index in [9.17, 15) is 27.6 Å². The number of aromatic nitrogens is 1. The van der Waals surface area contributed by atoms with Crippen molar-refractivity contribution < 1.29 is 31.9 Å². The van der Waals surface area contributed by atoms with E-state index in [0.29, 0.717) is 62.3 Å². The molecule has 7 rings (SSSR count). The van der Waals surface area contributed by atoms with Crippen LogP contribution in [-0.4, -0.2) is 58.6 Å². The highest BCUT2D eigenvalue weighted by molar-refractivity contribution is 5.98. The van der Waals surface area contributed by atoms with Crippen molar-refractivity contribution >= 4 is 28.7 Å². The van der Waals surface area contributed by atoms with Gasteiger partial charge < -0.3 is 18.6 Å². The van der Waals surface area contributed by atoms with E-state index in [2.05, 4.69) is 4.90 Å². The lowest BCUT2D eigenvalue weighted by Crippen LogP contribution is -2.50. The second-order valence-electron chi connectivity index (χ2n) is 12.2. The van der Waals surface area contributed by atoms with Gasteiger partial charge in [-0.15, -0.1) is 0 Å². The summed E-state index contributed by atoms with van der Waals surface area (Å²) >= 11 is 0. The molecule has 0 aliphatic carbocycles. The predicted octanol–water partition coefficient (Wildman–Crippen LogP) is 6.21. The molecule has 5 heterocycles. The summed E-state index contributed by atoms with van der Waals surface area (Å²) in [6.45, 7) is 2.85. The third kappa shape index (κ3) is 5.89. The Hall–Kier alpha value is -4.58. The lowest BCUT2D eigenvalue weighted by atomic mass is 10.00. The maximum Gasteiger partial charge on any atom is 0.417 e. The van der Waals surface area contributed by atoms with Crippen LogP contribution in [0.4, 0.5) is 23.7 Å². The molecule has 0 unspecified atom stereocenters. The van der Waals surface area contributed by atoms with Crippen LogP contribution < -0.4 is 10.5 Å². The molecule has 2 saturated heterocycles. The Bertz CT molecular complexity index is 1840. The Labute approximate surface area is 262 Å². The number of carbonyl (C=O) groups is 2. The lowest BCUT2D eigenvalue weighted by molar-refractivity contribution is -0.138. The van der Waals surface area contributed by atoms with Gasteiger partial charge in [0.25, 0.3) is 11.5 Å². The summed E-state index contributed by atoms with van der Waals surface area (Å²) in [5.74, 6) is 0.585. The number of alkyl halides is 3. The van der Waals surface area contributed by atoms with Crippen LogP contribution >= 0.6 is 0 Å². The molecule has 4 aromatic rings. The Morgan fingerprint density at radius 2 is 1.72 bits per heavy atom. The fraction of sp³-hybridized carbons (Fsp3) is 0.382. The number of likely N-dealkylation sites (tertiary alicyclic amines) is 2. The molecule has 0 spiro atoms. The van der Waals surface area contributed by atoms with Crippen LogP contribution in [0, 0.1) is 0 Å². The maximum absolute atomic E-state index is 13.5. The second kappa shape index (κ2) is 12.0. The number of carbonyl (C=O) groups excluding carboxylic acids is 2. The topological polar surface area (TPSA) is 88.2 Å². The fourth-order valence-electron chi connectivity index (χ4n) is 6.92. The van der Waals surface area contributed by atoms with E-state index in [4.69, 9.17) is 9.15 Å². The number of amides is 2. The Morgan fingerprint density at radius 3 is 2.52 bits per heavy atom. The zero-order valence-electron chi connectivity index (χ0n) is 25.0. The summed E-state index contributed by atoms with van der Waals surface area (Å²) in [7, 11) is 0. The molecular weight excluding hydrogens is 601 g/mol. The first kappa shape index (κ1) is 30.1. The molecule has 0 radical (unpaired) electrons. The molecule has 2 aromatic heterocycles. The number of para-hydroxylation sites is 1. The summed E-state index contributed by atoms with van der Waals surface area (Å²) in [5.41, 5.74) is 1.73. The summed E-state index contributed by atoms with van der Waals surface area (Å²) in [6.07, 6.45) is -1.35. The first-order valence-corrected chi connectivity index (χ1v) is 15.5. The summed E-state index contributed by atoms with van der Waals surface area (Å²) in [5, 5.41) is 0.783. The van der Waals surface area contributed by atoms with Crippen molar-refractivity contribution in [3.8, 4) is 0 Å². The highest BCUT2D eigenvalue weighted by Gasteiger charge is 2.35. The van der Waals surface area contributed by atoms with Crippen LogP contribution in [0.15, 0.2) is 76.1 Å². The zero-order valence-corrected chi connectivity index (χ0v) is 25.0. The predicted molar refractivity (Wildman–Crippen MR) is 163 cm³/mol. The number of hydrogen-bond donors (Lipinski definition) is 0. The Kier molecular flexibility index (Phi) is 7.83. The van der Waals surface area contributed by atoms with Gasteiger partial charge in [0, 0.05) is 60.5 Å². The van der Waals surface area contributed by atoms with Gasteiger partial charge in [0.2, 0.25) is 0 Å². The van der Waals surface area contributed by atoms with Gasteiger partial charge in [0.1, 0.15) is 18.0 Å². The van der Waals surface area contributed by atoms with Crippen molar-refractivity contribution in [3.05, 3.63) is 99.7 Å². The van der Waals surface area contributed by atoms with Crippen molar-refractivity contribution in [3.63, 3.8) is 0 Å². The first-order chi connectivity index (χ1) is 22.1. The molecule has 2 amide bonds. The molecule has 46 heavy (non-hydrogen) atoms. The number of nitrogens with zero attached hydrogens (tertiary/aromatic N) is 4. The van der Waals surface area contributed by atoms with Gasteiger partial charge in [-0.25, -0.2) is 4.79 Å². The minimum Gasteiger partial charge on any atom is -0.460 e. The van der Waals surface area contributed by atoms with Gasteiger partial charge in [-0.05, 0) is 68.6 Å². The van der Waals surface area contributed by atoms with E-state index in [1.54, 1.807) is 17.0 Å². The summed E-state index contributed by atoms with van der Waals surface area (Å²) in [4.78, 5) is 44.2. The number of hydrogen-bond acceptors (Lipinski definition) is 6. The largest absolute Gasteiger partial charge is 0.460 e. The molecule has 3 aliphatic heterocycles. The maximum atomic E-state index is 13.5.